The van der Waals surface area contributed by atoms with E-state index in [1.807, 2.05) is 20.8 Å². The molecule has 0 radical (unpaired) electrons. The van der Waals surface area contributed by atoms with Crippen LogP contribution in [-0.4, -0.2) is 17.6 Å². The molecule has 0 aliphatic heterocycles. The number of carbonyl (C=O) groups excluding carboxylic acids is 1. The van der Waals surface area contributed by atoms with Crippen molar-refractivity contribution in [3.05, 3.63) is 27.7 Å². The monoisotopic (exact) mass is 318 g/mol. The Hall–Kier alpha value is -0.970. The van der Waals surface area contributed by atoms with E-state index in [0.29, 0.717) is 22.3 Å². The van der Waals surface area contributed by atoms with Crippen molar-refractivity contribution in [2.24, 2.45) is 5.73 Å². The van der Waals surface area contributed by atoms with Gasteiger partial charge in [-0.1, -0.05) is 23.2 Å². The van der Waals surface area contributed by atoms with Crippen molar-refractivity contribution >= 4 is 29.1 Å². The molecule has 0 spiro atoms. The lowest BCUT2D eigenvalue weighted by molar-refractivity contribution is -0.124. The van der Waals surface area contributed by atoms with E-state index < -0.39 is 12.0 Å². The lowest BCUT2D eigenvalue weighted by atomic mass is 10.1. The molecular formula is C14H20Cl2N2O2. The van der Waals surface area contributed by atoms with Crippen LogP contribution in [0.4, 0.5) is 0 Å². The minimum atomic E-state index is -0.762. The zero-order chi connectivity index (χ0) is 15.5. The minimum Gasteiger partial charge on any atom is -0.479 e. The second-order valence-corrected chi connectivity index (χ2v) is 6.49. The molecule has 1 aromatic rings. The van der Waals surface area contributed by atoms with Crippen LogP contribution >= 0.6 is 23.2 Å². The van der Waals surface area contributed by atoms with Gasteiger partial charge in [-0.3, -0.25) is 4.79 Å². The highest BCUT2D eigenvalue weighted by Crippen LogP contribution is 2.33. The topological polar surface area (TPSA) is 64.3 Å². The molecule has 1 amide bonds. The third kappa shape index (κ3) is 5.19. The van der Waals surface area contributed by atoms with Crippen molar-refractivity contribution in [3.63, 3.8) is 0 Å². The van der Waals surface area contributed by atoms with Gasteiger partial charge >= 0.3 is 0 Å². The second kappa shape index (κ2) is 6.66. The maximum Gasteiger partial charge on any atom is 0.258 e. The molecule has 0 heterocycles. The van der Waals surface area contributed by atoms with Crippen molar-refractivity contribution < 1.29 is 9.53 Å². The minimum absolute atomic E-state index is 0.0681. The molecule has 4 nitrogen and oxygen atoms in total. The fraction of sp³-hybridized carbons (Fsp3) is 0.500. The highest BCUT2D eigenvalue weighted by molar-refractivity contribution is 6.35. The summed E-state index contributed by atoms with van der Waals surface area (Å²) < 4.78 is 5.55. The Morgan fingerprint density at radius 2 is 2.00 bits per heavy atom. The first kappa shape index (κ1) is 17.1. The Morgan fingerprint density at radius 1 is 1.40 bits per heavy atom. The first-order valence-electron chi connectivity index (χ1n) is 6.29. The number of hydrogen-bond donors (Lipinski definition) is 2. The normalized spacial score (nSPS) is 13.1. The van der Waals surface area contributed by atoms with Gasteiger partial charge in [-0.2, -0.15) is 0 Å². The van der Waals surface area contributed by atoms with E-state index in [-0.39, 0.29) is 5.54 Å². The fourth-order valence-electron chi connectivity index (χ4n) is 1.47. The predicted octanol–water partition coefficient (Wildman–Crippen LogP) is 3.13. The van der Waals surface area contributed by atoms with E-state index in [1.54, 1.807) is 19.1 Å². The average Bonchev–Trinajstić information content (AvgIpc) is 2.28. The number of carbonyl (C=O) groups is 1. The van der Waals surface area contributed by atoms with Crippen LogP contribution < -0.4 is 15.8 Å². The maximum atomic E-state index is 11.1. The van der Waals surface area contributed by atoms with Gasteiger partial charge in [0.05, 0.1) is 5.02 Å². The van der Waals surface area contributed by atoms with E-state index in [0.717, 1.165) is 5.56 Å². The summed E-state index contributed by atoms with van der Waals surface area (Å²) in [7, 11) is 0. The molecular weight excluding hydrogens is 299 g/mol. The molecule has 0 aliphatic carbocycles. The Balaban J connectivity index is 3.04. The van der Waals surface area contributed by atoms with E-state index in [9.17, 15) is 4.79 Å². The van der Waals surface area contributed by atoms with Crippen LogP contribution in [0.25, 0.3) is 0 Å². The van der Waals surface area contributed by atoms with Crippen molar-refractivity contribution in [2.45, 2.75) is 45.9 Å². The smallest absolute Gasteiger partial charge is 0.258 e. The Morgan fingerprint density at radius 3 is 2.50 bits per heavy atom. The third-order valence-corrected chi connectivity index (χ3v) is 3.09. The Labute approximate surface area is 129 Å². The highest BCUT2D eigenvalue weighted by atomic mass is 35.5. The first-order valence-corrected chi connectivity index (χ1v) is 7.04. The lowest BCUT2D eigenvalue weighted by Crippen LogP contribution is -2.35. The molecule has 1 aromatic carbocycles. The van der Waals surface area contributed by atoms with Gasteiger partial charge in [-0.05, 0) is 39.8 Å². The lowest BCUT2D eigenvalue weighted by Gasteiger charge is -2.23. The van der Waals surface area contributed by atoms with E-state index in [2.05, 4.69) is 5.32 Å². The number of hydrogen-bond acceptors (Lipinski definition) is 3. The number of nitrogens with one attached hydrogen (secondary N) is 1. The largest absolute Gasteiger partial charge is 0.479 e. The van der Waals surface area contributed by atoms with Crippen LogP contribution in [0.5, 0.6) is 5.75 Å². The molecule has 6 heteroatoms. The first-order chi connectivity index (χ1) is 9.10. The van der Waals surface area contributed by atoms with E-state index in [4.69, 9.17) is 33.7 Å². The van der Waals surface area contributed by atoms with Crippen LogP contribution in [0, 0.1) is 0 Å². The van der Waals surface area contributed by atoms with Crippen LogP contribution in [0.1, 0.15) is 33.3 Å². The van der Waals surface area contributed by atoms with Crippen molar-refractivity contribution in [1.29, 1.82) is 0 Å². The molecule has 0 aromatic heterocycles. The van der Waals surface area contributed by atoms with Gasteiger partial charge in [0.1, 0.15) is 5.75 Å². The molecule has 1 atom stereocenters. The SMILES string of the molecule is CC(Oc1c(Cl)cc(Cl)cc1CNC(C)(C)C)C(N)=O. The van der Waals surface area contributed by atoms with Gasteiger partial charge in [-0.25, -0.2) is 0 Å². The van der Waals surface area contributed by atoms with Gasteiger partial charge in [-0.15, -0.1) is 0 Å². The van der Waals surface area contributed by atoms with Gasteiger partial charge < -0.3 is 15.8 Å². The molecule has 112 valence electrons. The number of amides is 1. The molecule has 0 saturated carbocycles. The maximum absolute atomic E-state index is 11.1. The molecule has 0 aliphatic rings. The summed E-state index contributed by atoms with van der Waals surface area (Å²) in [6.45, 7) is 8.24. The second-order valence-electron chi connectivity index (χ2n) is 5.64. The standard InChI is InChI=1S/C14H20Cl2N2O2/c1-8(13(17)19)20-12-9(7-18-14(2,3)4)5-10(15)6-11(12)16/h5-6,8,18H,7H2,1-4H3,(H2,17,19). The summed E-state index contributed by atoms with van der Waals surface area (Å²) in [5, 5.41) is 4.19. The average molecular weight is 319 g/mol. The molecule has 3 N–H and O–H groups in total. The van der Waals surface area contributed by atoms with Crippen LogP contribution in [-0.2, 0) is 11.3 Å². The van der Waals surface area contributed by atoms with Gasteiger partial charge in [0, 0.05) is 22.7 Å². The molecule has 1 unspecified atom stereocenters. The number of benzene rings is 1. The van der Waals surface area contributed by atoms with Gasteiger partial charge in [0.25, 0.3) is 5.91 Å². The molecule has 1 rings (SSSR count). The third-order valence-electron chi connectivity index (χ3n) is 2.59. The van der Waals surface area contributed by atoms with Gasteiger partial charge in [0.2, 0.25) is 0 Å². The molecule has 20 heavy (non-hydrogen) atoms. The zero-order valence-corrected chi connectivity index (χ0v) is 13.6. The van der Waals surface area contributed by atoms with Gasteiger partial charge in [0.15, 0.2) is 6.10 Å². The Bertz CT molecular complexity index is 499. The van der Waals surface area contributed by atoms with Crippen LogP contribution in [0.15, 0.2) is 12.1 Å². The molecule has 0 saturated heterocycles. The zero-order valence-electron chi connectivity index (χ0n) is 12.1. The number of nitrogens with two attached hydrogens (primary N) is 1. The van der Waals surface area contributed by atoms with Crippen molar-refractivity contribution in [3.8, 4) is 5.75 Å². The summed E-state index contributed by atoms with van der Waals surface area (Å²) in [6, 6.07) is 3.34. The predicted molar refractivity (Wildman–Crippen MR) is 82.3 cm³/mol. The summed E-state index contributed by atoms with van der Waals surface area (Å²) in [5.41, 5.74) is 5.92. The summed E-state index contributed by atoms with van der Waals surface area (Å²) >= 11 is 12.2. The number of halogens is 2. The number of rotatable bonds is 5. The summed E-state index contributed by atoms with van der Waals surface area (Å²) in [6.07, 6.45) is -0.762. The van der Waals surface area contributed by atoms with E-state index in [1.165, 1.54) is 0 Å². The van der Waals surface area contributed by atoms with Crippen LogP contribution in [0.2, 0.25) is 10.0 Å². The van der Waals surface area contributed by atoms with Crippen molar-refractivity contribution in [2.75, 3.05) is 0 Å². The van der Waals surface area contributed by atoms with E-state index >= 15 is 0 Å². The quantitative estimate of drug-likeness (QED) is 0.876. The number of ether oxygens (including phenoxy) is 1. The fourth-order valence-corrected chi connectivity index (χ4v) is 2.05. The number of primary amides is 1. The highest BCUT2D eigenvalue weighted by Gasteiger charge is 2.18. The van der Waals surface area contributed by atoms with Crippen molar-refractivity contribution in [1.82, 2.24) is 5.32 Å². The Kier molecular flexibility index (Phi) is 5.68. The summed E-state index contributed by atoms with van der Waals surface area (Å²) in [4.78, 5) is 11.1. The molecule has 0 bridgehead atoms. The van der Waals surface area contributed by atoms with Crippen LogP contribution in [0.3, 0.4) is 0 Å². The molecule has 0 fully saturated rings. The summed E-state index contributed by atoms with van der Waals surface area (Å²) in [5.74, 6) is -0.120.